The number of carbonyl (C=O) groups is 2. The molecule has 0 saturated heterocycles. The van der Waals surface area contributed by atoms with Gasteiger partial charge in [0.1, 0.15) is 5.69 Å². The molecule has 1 heterocycles. The van der Waals surface area contributed by atoms with Crippen molar-refractivity contribution >= 4 is 23.3 Å². The number of para-hydroxylation sites is 2. The largest absolute Gasteiger partial charge is 0.478 e. The summed E-state index contributed by atoms with van der Waals surface area (Å²) in [7, 11) is 1.64. The van der Waals surface area contributed by atoms with Gasteiger partial charge in [-0.3, -0.25) is 14.9 Å². The predicted octanol–water partition coefficient (Wildman–Crippen LogP) is 2.31. The van der Waals surface area contributed by atoms with Crippen LogP contribution in [-0.4, -0.2) is 46.9 Å². The Morgan fingerprint density at radius 1 is 1.22 bits per heavy atom. The second-order valence-electron chi connectivity index (χ2n) is 6.46. The molecule has 2 aromatic carbocycles. The van der Waals surface area contributed by atoms with Crippen LogP contribution < -0.4 is 4.90 Å². The normalized spacial score (nSPS) is 13.0. The molecule has 0 spiro atoms. The molecule has 1 aliphatic heterocycles. The van der Waals surface area contributed by atoms with Gasteiger partial charge >= 0.3 is 5.97 Å². The number of fused-ring (bicyclic) bond motifs is 1. The lowest BCUT2D eigenvalue weighted by Crippen LogP contribution is -2.42. The quantitative estimate of drug-likeness (QED) is 0.641. The number of benzene rings is 2. The zero-order valence-corrected chi connectivity index (χ0v) is 14.8. The van der Waals surface area contributed by atoms with Gasteiger partial charge in [0.25, 0.3) is 5.69 Å². The van der Waals surface area contributed by atoms with E-state index in [1.165, 1.54) is 6.07 Å². The van der Waals surface area contributed by atoms with E-state index in [-0.39, 0.29) is 23.7 Å². The van der Waals surface area contributed by atoms with Gasteiger partial charge in [-0.2, -0.15) is 0 Å². The zero-order valence-electron chi connectivity index (χ0n) is 14.8. The lowest BCUT2D eigenvalue weighted by Gasteiger charge is -2.31. The number of amides is 1. The number of carboxylic acid groups (broad SMARTS) is 1. The number of rotatable bonds is 5. The molecule has 0 aromatic heterocycles. The van der Waals surface area contributed by atoms with E-state index >= 15 is 0 Å². The fourth-order valence-electron chi connectivity index (χ4n) is 3.23. The van der Waals surface area contributed by atoms with Crippen LogP contribution in [0.2, 0.25) is 0 Å². The molecule has 8 nitrogen and oxygen atoms in total. The number of hydrogen-bond donors (Lipinski definition) is 1. The van der Waals surface area contributed by atoms with Crippen LogP contribution in [0, 0.1) is 10.1 Å². The van der Waals surface area contributed by atoms with Crippen LogP contribution in [0.4, 0.5) is 11.4 Å². The third-order valence-electron chi connectivity index (χ3n) is 4.68. The van der Waals surface area contributed by atoms with Crippen molar-refractivity contribution in [1.82, 2.24) is 4.90 Å². The summed E-state index contributed by atoms with van der Waals surface area (Å²) >= 11 is 0. The van der Waals surface area contributed by atoms with Crippen LogP contribution in [0.25, 0.3) is 0 Å². The van der Waals surface area contributed by atoms with Gasteiger partial charge in [0.2, 0.25) is 5.91 Å². The lowest BCUT2D eigenvalue weighted by molar-refractivity contribution is -0.384. The Balaban J connectivity index is 1.73. The van der Waals surface area contributed by atoms with Gasteiger partial charge in [-0.1, -0.05) is 18.2 Å². The van der Waals surface area contributed by atoms with Crippen molar-refractivity contribution in [2.24, 2.45) is 0 Å². The van der Waals surface area contributed by atoms with Gasteiger partial charge in [-0.25, -0.2) is 4.79 Å². The molecule has 27 heavy (non-hydrogen) atoms. The Labute approximate surface area is 155 Å². The molecular formula is C19H19N3O5. The Hall–Kier alpha value is -3.42. The zero-order chi connectivity index (χ0) is 19.6. The van der Waals surface area contributed by atoms with Gasteiger partial charge in [0.15, 0.2) is 0 Å². The molecule has 2 aromatic rings. The summed E-state index contributed by atoms with van der Waals surface area (Å²) in [4.78, 5) is 37.8. The van der Waals surface area contributed by atoms with E-state index in [2.05, 4.69) is 0 Å². The highest BCUT2D eigenvalue weighted by Crippen LogP contribution is 2.27. The molecule has 0 fully saturated rings. The first-order chi connectivity index (χ1) is 12.9. The number of nitrogens with zero attached hydrogens (tertiary/aromatic N) is 3. The Morgan fingerprint density at radius 3 is 2.67 bits per heavy atom. The molecule has 3 rings (SSSR count). The van der Waals surface area contributed by atoms with Crippen molar-refractivity contribution in [2.45, 2.75) is 13.0 Å². The van der Waals surface area contributed by atoms with E-state index in [1.54, 1.807) is 53.2 Å². The minimum absolute atomic E-state index is 0.00118. The van der Waals surface area contributed by atoms with Gasteiger partial charge in [0.05, 0.1) is 17.0 Å². The van der Waals surface area contributed by atoms with Crippen LogP contribution in [-0.2, 0) is 17.8 Å². The molecule has 0 radical (unpaired) electrons. The molecule has 1 aliphatic rings. The van der Waals surface area contributed by atoms with Crippen LogP contribution in [0.1, 0.15) is 21.5 Å². The van der Waals surface area contributed by atoms with Crippen molar-refractivity contribution in [2.75, 3.05) is 25.0 Å². The van der Waals surface area contributed by atoms with Crippen molar-refractivity contribution in [3.63, 3.8) is 0 Å². The third kappa shape index (κ3) is 3.89. The Morgan fingerprint density at radius 2 is 1.96 bits per heavy atom. The maximum absolute atomic E-state index is 12.7. The number of carboxylic acids is 1. The molecule has 1 N–H and O–H groups in total. The number of aromatic carboxylic acids is 1. The molecular weight excluding hydrogens is 350 g/mol. The second kappa shape index (κ2) is 7.45. The van der Waals surface area contributed by atoms with Crippen molar-refractivity contribution < 1.29 is 19.6 Å². The maximum Gasteiger partial charge on any atom is 0.335 e. The first kappa shape index (κ1) is 18.4. The molecule has 0 atom stereocenters. The summed E-state index contributed by atoms with van der Waals surface area (Å²) in [5, 5.41) is 20.3. The molecule has 0 saturated carbocycles. The van der Waals surface area contributed by atoms with Crippen molar-refractivity contribution in [1.29, 1.82) is 0 Å². The molecule has 140 valence electrons. The summed E-state index contributed by atoms with van der Waals surface area (Å²) in [6, 6.07) is 11.2. The smallest absolute Gasteiger partial charge is 0.335 e. The average molecular weight is 369 g/mol. The highest BCUT2D eigenvalue weighted by molar-refractivity contribution is 5.88. The summed E-state index contributed by atoms with van der Waals surface area (Å²) in [6.45, 7) is 0.863. The minimum Gasteiger partial charge on any atom is -0.478 e. The fourth-order valence-corrected chi connectivity index (χ4v) is 3.23. The number of anilines is 1. The average Bonchev–Trinajstić information content (AvgIpc) is 2.66. The van der Waals surface area contributed by atoms with Gasteiger partial charge in [-0.05, 0) is 35.7 Å². The topological polar surface area (TPSA) is 104 Å². The Kier molecular flexibility index (Phi) is 5.07. The van der Waals surface area contributed by atoms with Gasteiger partial charge in [0, 0.05) is 26.2 Å². The van der Waals surface area contributed by atoms with E-state index in [9.17, 15) is 19.7 Å². The highest BCUT2D eigenvalue weighted by atomic mass is 16.6. The number of hydrogen-bond acceptors (Lipinski definition) is 5. The van der Waals surface area contributed by atoms with E-state index in [4.69, 9.17) is 5.11 Å². The van der Waals surface area contributed by atoms with Crippen molar-refractivity contribution in [3.05, 3.63) is 69.3 Å². The molecule has 0 aliphatic carbocycles. The fraction of sp³-hybridized carbons (Fsp3) is 0.263. The first-order valence-electron chi connectivity index (χ1n) is 8.44. The summed E-state index contributed by atoms with van der Waals surface area (Å²) in [6.07, 6.45) is 0.649. The second-order valence-corrected chi connectivity index (χ2v) is 6.46. The van der Waals surface area contributed by atoms with Gasteiger partial charge in [-0.15, -0.1) is 0 Å². The minimum atomic E-state index is -1.00. The number of carbonyl (C=O) groups excluding carboxylic acids is 1. The summed E-state index contributed by atoms with van der Waals surface area (Å²) in [5.41, 5.74) is 2.38. The summed E-state index contributed by atoms with van der Waals surface area (Å²) < 4.78 is 0. The SMILES string of the molecule is CN(CC(=O)N1CCc2ccc(C(=O)O)cc2C1)c1ccccc1[N+](=O)[O-]. The molecule has 1 amide bonds. The van der Waals surface area contributed by atoms with E-state index in [0.29, 0.717) is 25.2 Å². The van der Waals surface area contributed by atoms with Gasteiger partial charge < -0.3 is 14.9 Å². The predicted molar refractivity (Wildman–Crippen MR) is 98.9 cm³/mol. The maximum atomic E-state index is 12.7. The van der Waals surface area contributed by atoms with Crippen LogP contribution in [0.15, 0.2) is 42.5 Å². The number of likely N-dealkylation sites (N-methyl/N-ethyl adjacent to an activating group) is 1. The lowest BCUT2D eigenvalue weighted by atomic mass is 9.97. The molecule has 0 bridgehead atoms. The highest BCUT2D eigenvalue weighted by Gasteiger charge is 2.24. The Bertz CT molecular complexity index is 912. The van der Waals surface area contributed by atoms with Crippen LogP contribution in [0.3, 0.4) is 0 Å². The van der Waals surface area contributed by atoms with E-state index < -0.39 is 10.9 Å². The number of nitro benzene ring substituents is 1. The molecule has 8 heteroatoms. The molecule has 0 unspecified atom stereocenters. The standard InChI is InChI=1S/C19H19N3O5/c1-20(16-4-2-3-5-17(16)22(26)27)12-18(23)21-9-8-13-6-7-14(19(24)25)10-15(13)11-21/h2-7,10H,8-9,11-12H2,1H3,(H,24,25). The van der Waals surface area contributed by atoms with Crippen LogP contribution in [0.5, 0.6) is 0 Å². The van der Waals surface area contributed by atoms with Crippen LogP contribution >= 0.6 is 0 Å². The van der Waals surface area contributed by atoms with E-state index in [0.717, 1.165) is 11.1 Å². The van der Waals surface area contributed by atoms with Crippen molar-refractivity contribution in [3.8, 4) is 0 Å². The monoisotopic (exact) mass is 369 g/mol. The van der Waals surface area contributed by atoms with E-state index in [1.807, 2.05) is 0 Å². The third-order valence-corrected chi connectivity index (χ3v) is 4.68. The first-order valence-corrected chi connectivity index (χ1v) is 8.44. The number of nitro groups is 1. The summed E-state index contributed by atoms with van der Waals surface area (Å²) in [5.74, 6) is -1.17.